The average Bonchev–Trinajstić information content (AvgIpc) is 2.28. The monoisotopic (exact) mass is 251 g/mol. The highest BCUT2D eigenvalue weighted by atomic mass is 16.4. The third-order valence-electron chi connectivity index (χ3n) is 3.10. The number of phenols is 1. The van der Waals surface area contributed by atoms with Crippen molar-refractivity contribution in [3.63, 3.8) is 0 Å². The number of aromatic hydroxyl groups is 1. The number of nitrogens with zero attached hydrogens (tertiary/aromatic N) is 1. The highest BCUT2D eigenvalue weighted by molar-refractivity contribution is 5.66. The van der Waals surface area contributed by atoms with Gasteiger partial charge in [0.25, 0.3) is 0 Å². The smallest absolute Gasteiger partial charge is 0.304 e. The number of carboxylic acid groups (broad SMARTS) is 1. The van der Waals surface area contributed by atoms with Crippen molar-refractivity contribution < 1.29 is 15.0 Å². The second-order valence-electron chi connectivity index (χ2n) is 4.75. The zero-order valence-electron chi connectivity index (χ0n) is 11.1. The van der Waals surface area contributed by atoms with Crippen LogP contribution in [0.3, 0.4) is 0 Å². The van der Waals surface area contributed by atoms with Crippen molar-refractivity contribution in [3.8, 4) is 5.75 Å². The standard InChI is InChI=1S/C14H21NO3/c1-10(2)15(8-7-14(17)18)11(3)12-5-4-6-13(16)9-12/h4-6,9-11,16H,7-8H2,1-3H3,(H,17,18). The molecule has 1 aromatic carbocycles. The van der Waals surface area contributed by atoms with Crippen molar-refractivity contribution in [2.24, 2.45) is 0 Å². The number of phenolic OH excluding ortho intramolecular Hbond substituents is 1. The fraction of sp³-hybridized carbons (Fsp3) is 0.500. The van der Waals surface area contributed by atoms with E-state index in [0.717, 1.165) is 5.56 Å². The third-order valence-corrected chi connectivity index (χ3v) is 3.10. The van der Waals surface area contributed by atoms with Gasteiger partial charge in [0.1, 0.15) is 5.75 Å². The third kappa shape index (κ3) is 4.04. The lowest BCUT2D eigenvalue weighted by Gasteiger charge is -2.32. The summed E-state index contributed by atoms with van der Waals surface area (Å²) < 4.78 is 0. The van der Waals surface area contributed by atoms with Crippen LogP contribution in [0.4, 0.5) is 0 Å². The molecule has 2 N–H and O–H groups in total. The molecule has 0 aliphatic carbocycles. The van der Waals surface area contributed by atoms with Gasteiger partial charge in [-0.2, -0.15) is 0 Å². The summed E-state index contributed by atoms with van der Waals surface area (Å²) in [6, 6.07) is 7.43. The summed E-state index contributed by atoms with van der Waals surface area (Å²) in [5, 5.41) is 18.3. The highest BCUT2D eigenvalue weighted by Crippen LogP contribution is 2.25. The maximum Gasteiger partial charge on any atom is 0.304 e. The van der Waals surface area contributed by atoms with Crippen molar-refractivity contribution in [2.45, 2.75) is 39.3 Å². The van der Waals surface area contributed by atoms with Crippen LogP contribution < -0.4 is 0 Å². The van der Waals surface area contributed by atoms with Crippen LogP contribution in [0.15, 0.2) is 24.3 Å². The molecule has 1 atom stereocenters. The number of benzene rings is 1. The van der Waals surface area contributed by atoms with E-state index < -0.39 is 5.97 Å². The van der Waals surface area contributed by atoms with E-state index >= 15 is 0 Å². The SMILES string of the molecule is CC(C)N(CCC(=O)O)C(C)c1cccc(O)c1. The van der Waals surface area contributed by atoms with E-state index in [1.54, 1.807) is 18.2 Å². The first kappa shape index (κ1) is 14.5. The van der Waals surface area contributed by atoms with Crippen molar-refractivity contribution in [1.82, 2.24) is 4.90 Å². The molecular weight excluding hydrogens is 230 g/mol. The summed E-state index contributed by atoms with van der Waals surface area (Å²) in [6.07, 6.45) is 0.126. The first-order valence-corrected chi connectivity index (χ1v) is 6.18. The Morgan fingerprint density at radius 3 is 2.50 bits per heavy atom. The predicted molar refractivity (Wildman–Crippen MR) is 70.6 cm³/mol. The highest BCUT2D eigenvalue weighted by Gasteiger charge is 2.19. The van der Waals surface area contributed by atoms with Crippen LogP contribution in [-0.2, 0) is 4.79 Å². The number of carbonyl (C=O) groups is 1. The van der Waals surface area contributed by atoms with Crippen LogP contribution in [0.1, 0.15) is 38.8 Å². The molecule has 0 saturated carbocycles. The molecule has 1 rings (SSSR count). The van der Waals surface area contributed by atoms with E-state index in [1.165, 1.54) is 0 Å². The van der Waals surface area contributed by atoms with Crippen LogP contribution in [0.2, 0.25) is 0 Å². The summed E-state index contributed by atoms with van der Waals surface area (Å²) in [5.41, 5.74) is 0.995. The number of hydrogen-bond donors (Lipinski definition) is 2. The first-order chi connectivity index (χ1) is 8.41. The fourth-order valence-electron chi connectivity index (χ4n) is 2.10. The Bertz CT molecular complexity index is 404. The Kier molecular flexibility index (Phi) is 5.16. The molecule has 0 radical (unpaired) electrons. The van der Waals surface area contributed by atoms with E-state index in [0.29, 0.717) is 6.54 Å². The van der Waals surface area contributed by atoms with E-state index in [1.807, 2.05) is 26.8 Å². The normalized spacial score (nSPS) is 12.9. The Hall–Kier alpha value is -1.55. The lowest BCUT2D eigenvalue weighted by molar-refractivity contribution is -0.137. The minimum absolute atomic E-state index is 0.0800. The van der Waals surface area contributed by atoms with Crippen LogP contribution in [0, 0.1) is 0 Å². The summed E-state index contributed by atoms with van der Waals surface area (Å²) in [6.45, 7) is 6.61. The minimum Gasteiger partial charge on any atom is -0.508 e. The van der Waals surface area contributed by atoms with Crippen molar-refractivity contribution in [3.05, 3.63) is 29.8 Å². The van der Waals surface area contributed by atoms with Gasteiger partial charge in [-0.3, -0.25) is 9.69 Å². The van der Waals surface area contributed by atoms with Gasteiger partial charge in [-0.15, -0.1) is 0 Å². The molecule has 0 saturated heterocycles. The molecule has 18 heavy (non-hydrogen) atoms. The van der Waals surface area contributed by atoms with Gasteiger partial charge in [0.2, 0.25) is 0 Å². The number of carboxylic acids is 1. The first-order valence-electron chi connectivity index (χ1n) is 6.18. The maximum atomic E-state index is 10.7. The van der Waals surface area contributed by atoms with E-state index in [2.05, 4.69) is 4.90 Å². The molecule has 4 heteroatoms. The van der Waals surface area contributed by atoms with Gasteiger partial charge in [-0.05, 0) is 38.5 Å². The molecule has 0 heterocycles. The Labute approximate surface area is 108 Å². The number of rotatable bonds is 6. The lowest BCUT2D eigenvalue weighted by atomic mass is 10.0. The second kappa shape index (κ2) is 6.40. The van der Waals surface area contributed by atoms with E-state index in [9.17, 15) is 9.90 Å². The minimum atomic E-state index is -0.788. The average molecular weight is 251 g/mol. The number of aliphatic carboxylic acids is 1. The molecule has 0 aliphatic heterocycles. The molecule has 0 spiro atoms. The maximum absolute atomic E-state index is 10.7. The van der Waals surface area contributed by atoms with Crippen molar-refractivity contribution in [2.75, 3.05) is 6.54 Å². The Balaban J connectivity index is 2.82. The summed E-state index contributed by atoms with van der Waals surface area (Å²) in [5.74, 6) is -0.551. The van der Waals surface area contributed by atoms with Crippen LogP contribution in [0.25, 0.3) is 0 Å². The molecule has 0 fully saturated rings. The Morgan fingerprint density at radius 1 is 1.33 bits per heavy atom. The molecule has 1 unspecified atom stereocenters. The predicted octanol–water partition coefficient (Wildman–Crippen LogP) is 2.64. The molecule has 0 aliphatic rings. The van der Waals surface area contributed by atoms with Gasteiger partial charge < -0.3 is 10.2 Å². The van der Waals surface area contributed by atoms with Gasteiger partial charge in [-0.25, -0.2) is 0 Å². The quantitative estimate of drug-likeness (QED) is 0.816. The van der Waals surface area contributed by atoms with Gasteiger partial charge in [0.15, 0.2) is 0 Å². The molecular formula is C14H21NO3. The van der Waals surface area contributed by atoms with Gasteiger partial charge in [0.05, 0.1) is 6.42 Å². The van der Waals surface area contributed by atoms with Crippen molar-refractivity contribution in [1.29, 1.82) is 0 Å². The molecule has 0 bridgehead atoms. The second-order valence-corrected chi connectivity index (χ2v) is 4.75. The molecule has 1 aromatic rings. The largest absolute Gasteiger partial charge is 0.508 e. The topological polar surface area (TPSA) is 60.8 Å². The van der Waals surface area contributed by atoms with Crippen LogP contribution >= 0.6 is 0 Å². The van der Waals surface area contributed by atoms with Crippen LogP contribution in [-0.4, -0.2) is 33.7 Å². The van der Waals surface area contributed by atoms with Crippen molar-refractivity contribution >= 4 is 5.97 Å². The lowest BCUT2D eigenvalue weighted by Crippen LogP contribution is -2.35. The molecule has 0 aromatic heterocycles. The molecule has 100 valence electrons. The van der Waals surface area contributed by atoms with E-state index in [4.69, 9.17) is 5.11 Å². The Morgan fingerprint density at radius 2 is 2.00 bits per heavy atom. The molecule has 4 nitrogen and oxygen atoms in total. The van der Waals surface area contributed by atoms with Gasteiger partial charge in [-0.1, -0.05) is 12.1 Å². The van der Waals surface area contributed by atoms with E-state index in [-0.39, 0.29) is 24.3 Å². The zero-order valence-corrected chi connectivity index (χ0v) is 11.1. The zero-order chi connectivity index (χ0) is 13.7. The fourth-order valence-corrected chi connectivity index (χ4v) is 2.10. The van der Waals surface area contributed by atoms with Gasteiger partial charge >= 0.3 is 5.97 Å². The van der Waals surface area contributed by atoms with Crippen LogP contribution in [0.5, 0.6) is 5.75 Å². The van der Waals surface area contributed by atoms with Gasteiger partial charge in [0, 0.05) is 18.6 Å². The summed E-state index contributed by atoms with van der Waals surface area (Å²) in [7, 11) is 0. The number of hydrogen-bond acceptors (Lipinski definition) is 3. The molecule has 0 amide bonds. The summed E-state index contributed by atoms with van der Waals surface area (Å²) >= 11 is 0. The summed E-state index contributed by atoms with van der Waals surface area (Å²) in [4.78, 5) is 12.8.